The van der Waals surface area contributed by atoms with Gasteiger partial charge in [0.25, 0.3) is 0 Å². The van der Waals surface area contributed by atoms with Crippen LogP contribution in [0.3, 0.4) is 0 Å². The SMILES string of the molecule is C=C/C(=C\C=C\OCC1CO1)C(C)(C)c1ccc(O)cc1. The maximum atomic E-state index is 9.40. The maximum Gasteiger partial charge on any atom is 0.116 e. The molecule has 3 heteroatoms. The second-order valence-corrected chi connectivity index (χ2v) is 5.62. The molecular weight excluding hydrogens is 264 g/mol. The molecule has 1 unspecified atom stereocenters. The molecule has 1 saturated heterocycles. The van der Waals surface area contributed by atoms with E-state index in [9.17, 15) is 5.11 Å². The van der Waals surface area contributed by atoms with Gasteiger partial charge in [-0.25, -0.2) is 0 Å². The number of benzene rings is 1. The van der Waals surface area contributed by atoms with E-state index in [4.69, 9.17) is 9.47 Å². The molecule has 2 rings (SSSR count). The summed E-state index contributed by atoms with van der Waals surface area (Å²) >= 11 is 0. The number of allylic oxidation sites excluding steroid dienone is 4. The Balaban J connectivity index is 2.05. The zero-order valence-electron chi connectivity index (χ0n) is 12.6. The molecule has 1 aromatic rings. The molecule has 1 heterocycles. The van der Waals surface area contributed by atoms with E-state index in [0.29, 0.717) is 6.61 Å². The third-order valence-electron chi connectivity index (χ3n) is 3.67. The normalized spacial score (nSPS) is 18.8. The highest BCUT2D eigenvalue weighted by atomic mass is 16.6. The van der Waals surface area contributed by atoms with Gasteiger partial charge in [-0.1, -0.05) is 44.7 Å². The lowest BCUT2D eigenvalue weighted by Crippen LogP contribution is -2.19. The van der Waals surface area contributed by atoms with Crippen molar-refractivity contribution in [1.29, 1.82) is 0 Å². The molecule has 1 fully saturated rings. The van der Waals surface area contributed by atoms with Crippen LogP contribution in [0.5, 0.6) is 5.75 Å². The fraction of sp³-hybridized carbons (Fsp3) is 0.333. The summed E-state index contributed by atoms with van der Waals surface area (Å²) < 4.78 is 10.4. The highest BCUT2D eigenvalue weighted by Crippen LogP contribution is 2.32. The molecule has 0 aromatic heterocycles. The molecule has 1 atom stereocenters. The average molecular weight is 286 g/mol. The minimum Gasteiger partial charge on any atom is -0.508 e. The van der Waals surface area contributed by atoms with Crippen LogP contribution in [0, 0.1) is 0 Å². The summed E-state index contributed by atoms with van der Waals surface area (Å²) in [6.45, 7) is 9.55. The van der Waals surface area contributed by atoms with Crippen LogP contribution in [0.15, 0.2) is 60.9 Å². The van der Waals surface area contributed by atoms with Gasteiger partial charge < -0.3 is 14.6 Å². The van der Waals surface area contributed by atoms with Crippen molar-refractivity contribution in [2.45, 2.75) is 25.4 Å². The van der Waals surface area contributed by atoms with Gasteiger partial charge in [0, 0.05) is 5.41 Å². The first-order chi connectivity index (χ1) is 10.0. The average Bonchev–Trinajstić information content (AvgIpc) is 3.27. The van der Waals surface area contributed by atoms with Crippen molar-refractivity contribution < 1.29 is 14.6 Å². The van der Waals surface area contributed by atoms with Gasteiger partial charge in [0.1, 0.15) is 18.5 Å². The monoisotopic (exact) mass is 286 g/mol. The van der Waals surface area contributed by atoms with Crippen LogP contribution in [0.4, 0.5) is 0 Å². The van der Waals surface area contributed by atoms with Crippen LogP contribution >= 0.6 is 0 Å². The maximum absolute atomic E-state index is 9.40. The first-order valence-electron chi connectivity index (χ1n) is 7.06. The standard InChI is InChI=1S/C18H22O3/c1-4-14(6-5-11-20-12-17-13-21-17)18(2,3)15-7-9-16(19)10-8-15/h4-11,17,19H,1,12-13H2,2-3H3/b11-5+,14-6+. The number of aromatic hydroxyl groups is 1. The van der Waals surface area contributed by atoms with E-state index in [-0.39, 0.29) is 17.3 Å². The largest absolute Gasteiger partial charge is 0.508 e. The van der Waals surface area contributed by atoms with Crippen LogP contribution in [0.25, 0.3) is 0 Å². The molecule has 0 saturated carbocycles. The molecule has 1 N–H and O–H groups in total. The van der Waals surface area contributed by atoms with E-state index < -0.39 is 0 Å². The summed E-state index contributed by atoms with van der Waals surface area (Å²) in [7, 11) is 0. The number of rotatable bonds is 7. The Labute approximate surface area is 126 Å². The summed E-state index contributed by atoms with van der Waals surface area (Å²) in [5.74, 6) is 0.272. The van der Waals surface area contributed by atoms with Gasteiger partial charge in [0.15, 0.2) is 0 Å². The van der Waals surface area contributed by atoms with Crippen LogP contribution in [0.2, 0.25) is 0 Å². The number of hydrogen-bond donors (Lipinski definition) is 1. The first-order valence-corrected chi connectivity index (χ1v) is 7.06. The van der Waals surface area contributed by atoms with Crippen LogP contribution in [0.1, 0.15) is 19.4 Å². The van der Waals surface area contributed by atoms with Crippen molar-refractivity contribution in [2.75, 3.05) is 13.2 Å². The van der Waals surface area contributed by atoms with Crippen molar-refractivity contribution in [3.8, 4) is 5.75 Å². The van der Waals surface area contributed by atoms with Gasteiger partial charge in [-0.15, -0.1) is 0 Å². The highest BCUT2D eigenvalue weighted by molar-refractivity contribution is 5.42. The number of phenolic OH excluding ortho intramolecular Hbond substituents is 1. The van der Waals surface area contributed by atoms with Gasteiger partial charge in [0.2, 0.25) is 0 Å². The highest BCUT2D eigenvalue weighted by Gasteiger charge is 2.23. The Morgan fingerprint density at radius 3 is 2.67 bits per heavy atom. The summed E-state index contributed by atoms with van der Waals surface area (Å²) in [5, 5.41) is 9.40. The van der Waals surface area contributed by atoms with Gasteiger partial charge in [-0.3, -0.25) is 0 Å². The Hall–Kier alpha value is -2.00. The molecule has 0 spiro atoms. The molecule has 0 radical (unpaired) electrons. The van der Waals surface area contributed by atoms with Gasteiger partial charge >= 0.3 is 0 Å². The van der Waals surface area contributed by atoms with E-state index in [1.165, 1.54) is 0 Å². The van der Waals surface area contributed by atoms with Gasteiger partial charge in [0.05, 0.1) is 12.9 Å². The summed E-state index contributed by atoms with van der Waals surface area (Å²) in [6.07, 6.45) is 7.67. The third kappa shape index (κ3) is 4.23. The fourth-order valence-corrected chi connectivity index (χ4v) is 2.10. The zero-order chi connectivity index (χ0) is 15.3. The lowest BCUT2D eigenvalue weighted by atomic mass is 9.77. The Bertz CT molecular complexity index is 534. The van der Waals surface area contributed by atoms with Crippen LogP contribution < -0.4 is 0 Å². The van der Waals surface area contributed by atoms with Crippen LogP contribution in [-0.2, 0) is 14.9 Å². The van der Waals surface area contributed by atoms with Gasteiger partial charge in [-0.2, -0.15) is 0 Å². The van der Waals surface area contributed by atoms with Crippen molar-refractivity contribution in [3.63, 3.8) is 0 Å². The topological polar surface area (TPSA) is 42.0 Å². The van der Waals surface area contributed by atoms with Crippen molar-refractivity contribution >= 4 is 0 Å². The number of phenols is 1. The molecular formula is C18H22O3. The predicted octanol–water partition coefficient (Wildman–Crippen LogP) is 3.71. The summed E-state index contributed by atoms with van der Waals surface area (Å²) in [6, 6.07) is 7.26. The second kappa shape index (κ2) is 6.64. The number of epoxide rings is 1. The van der Waals surface area contributed by atoms with Crippen LogP contribution in [-0.4, -0.2) is 24.4 Å². The van der Waals surface area contributed by atoms with Crippen molar-refractivity contribution in [1.82, 2.24) is 0 Å². The third-order valence-corrected chi connectivity index (χ3v) is 3.67. The first kappa shape index (κ1) is 15.4. The molecule has 21 heavy (non-hydrogen) atoms. The Morgan fingerprint density at radius 1 is 1.43 bits per heavy atom. The molecule has 1 aromatic carbocycles. The van der Waals surface area contributed by atoms with E-state index in [2.05, 4.69) is 20.4 Å². The van der Waals surface area contributed by atoms with E-state index in [1.54, 1.807) is 18.4 Å². The van der Waals surface area contributed by atoms with E-state index in [0.717, 1.165) is 17.7 Å². The zero-order valence-corrected chi connectivity index (χ0v) is 12.6. The quantitative estimate of drug-likeness (QED) is 0.472. The Morgan fingerprint density at radius 2 is 2.10 bits per heavy atom. The predicted molar refractivity (Wildman–Crippen MR) is 84.2 cm³/mol. The summed E-state index contributed by atoms with van der Waals surface area (Å²) in [5.41, 5.74) is 2.00. The molecule has 1 aliphatic rings. The molecule has 3 nitrogen and oxygen atoms in total. The molecule has 1 aliphatic heterocycles. The summed E-state index contributed by atoms with van der Waals surface area (Å²) in [4.78, 5) is 0. The number of ether oxygens (including phenoxy) is 2. The molecule has 112 valence electrons. The lowest BCUT2D eigenvalue weighted by molar-refractivity contribution is 0.212. The lowest BCUT2D eigenvalue weighted by Gasteiger charge is -2.27. The molecule has 0 amide bonds. The molecule has 0 bridgehead atoms. The second-order valence-electron chi connectivity index (χ2n) is 5.62. The minimum atomic E-state index is -0.195. The van der Waals surface area contributed by atoms with E-state index >= 15 is 0 Å². The minimum absolute atomic E-state index is 0.195. The van der Waals surface area contributed by atoms with E-state index in [1.807, 2.05) is 30.4 Å². The smallest absolute Gasteiger partial charge is 0.116 e. The number of hydrogen-bond acceptors (Lipinski definition) is 3. The molecule has 0 aliphatic carbocycles. The van der Waals surface area contributed by atoms with Gasteiger partial charge in [-0.05, 0) is 29.3 Å². The van der Waals surface area contributed by atoms with Crippen molar-refractivity contribution in [3.05, 3.63) is 66.5 Å². The van der Waals surface area contributed by atoms with Crippen molar-refractivity contribution in [2.24, 2.45) is 0 Å². The fourth-order valence-electron chi connectivity index (χ4n) is 2.10. The Kier molecular flexibility index (Phi) is 4.86.